The van der Waals surface area contributed by atoms with Crippen molar-refractivity contribution in [3.05, 3.63) is 0 Å². The Morgan fingerprint density at radius 3 is 1.64 bits per heavy atom. The number of rotatable bonds is 13. The molecule has 0 spiro atoms. The molecule has 0 bridgehead atoms. The van der Waals surface area contributed by atoms with Gasteiger partial charge in [-0.25, -0.2) is 9.68 Å². The van der Waals surface area contributed by atoms with E-state index in [2.05, 4.69) is 21.4 Å². The van der Waals surface area contributed by atoms with E-state index in [1.165, 1.54) is 57.8 Å². The Morgan fingerprint density at radius 1 is 0.727 bits per heavy atom. The van der Waals surface area contributed by atoms with Crippen LogP contribution in [0.1, 0.15) is 84.0 Å². The number of carboxylic acid groups (broad SMARTS) is 1. The van der Waals surface area contributed by atoms with Gasteiger partial charge in [-0.15, -0.1) is 0 Å². The van der Waals surface area contributed by atoms with Crippen LogP contribution in [0.25, 0.3) is 0 Å². The van der Waals surface area contributed by atoms with E-state index in [1.54, 1.807) is 0 Å². The fraction of sp³-hybridized carbons (Fsp3) is 0.875. The summed E-state index contributed by atoms with van der Waals surface area (Å²) in [5.41, 5.74) is 0. The molecule has 1 N–H and O–H groups in total. The minimum atomic E-state index is -1.68. The summed E-state index contributed by atoms with van der Waals surface area (Å²) in [4.78, 5) is 28.2. The predicted octanol–water partition coefficient (Wildman–Crippen LogP) is 5.45. The molecule has 0 radical (unpaired) electrons. The van der Waals surface area contributed by atoms with Crippen molar-refractivity contribution in [1.29, 1.82) is 0 Å². The van der Waals surface area contributed by atoms with Gasteiger partial charge in [-0.3, -0.25) is 0 Å². The Labute approximate surface area is 133 Å². The van der Waals surface area contributed by atoms with Crippen LogP contribution < -0.4 is 0 Å². The highest BCUT2D eigenvalue weighted by molar-refractivity contribution is 5.62. The Bertz CT molecular complexity index is 280. The van der Waals surface area contributed by atoms with E-state index < -0.39 is 12.3 Å². The normalized spacial score (nSPS) is 10.2. The fourth-order valence-electron chi connectivity index (χ4n) is 2.19. The maximum absolute atomic E-state index is 10.8. The fourth-order valence-corrected chi connectivity index (χ4v) is 2.19. The van der Waals surface area contributed by atoms with Crippen molar-refractivity contribution in [2.75, 3.05) is 6.61 Å². The molecule has 0 saturated heterocycles. The van der Waals surface area contributed by atoms with Crippen LogP contribution >= 0.6 is 0 Å². The lowest BCUT2D eigenvalue weighted by atomic mass is 10.1. The molecule has 0 aromatic rings. The lowest BCUT2D eigenvalue weighted by Gasteiger charge is -2.04. The topological polar surface area (TPSA) is 82.1 Å². The van der Waals surface area contributed by atoms with E-state index >= 15 is 0 Å². The SMILES string of the molecule is CCCCCCCCCCCCCCOC(=O)OOC(=O)O. The molecular weight excluding hydrogens is 288 g/mol. The Kier molecular flexibility index (Phi) is 14.9. The first-order chi connectivity index (χ1) is 10.7. The second kappa shape index (κ2) is 15.9. The summed E-state index contributed by atoms with van der Waals surface area (Å²) in [6, 6.07) is 0. The number of ether oxygens (including phenoxy) is 1. The van der Waals surface area contributed by atoms with Gasteiger partial charge in [0, 0.05) is 0 Å². The molecule has 130 valence electrons. The number of carbonyl (C=O) groups excluding carboxylic acids is 1. The van der Waals surface area contributed by atoms with Crippen LogP contribution in [-0.2, 0) is 14.5 Å². The zero-order valence-corrected chi connectivity index (χ0v) is 13.7. The first-order valence-corrected chi connectivity index (χ1v) is 8.41. The van der Waals surface area contributed by atoms with Gasteiger partial charge >= 0.3 is 12.3 Å². The number of carbonyl (C=O) groups is 2. The van der Waals surface area contributed by atoms with Crippen LogP contribution in [0.3, 0.4) is 0 Å². The van der Waals surface area contributed by atoms with Crippen molar-refractivity contribution in [1.82, 2.24) is 0 Å². The van der Waals surface area contributed by atoms with Crippen molar-refractivity contribution >= 4 is 12.3 Å². The van der Waals surface area contributed by atoms with Crippen LogP contribution in [0, 0.1) is 0 Å². The molecule has 0 fully saturated rings. The van der Waals surface area contributed by atoms with Crippen LogP contribution in [0.15, 0.2) is 0 Å². The lowest BCUT2D eigenvalue weighted by molar-refractivity contribution is -0.213. The van der Waals surface area contributed by atoms with E-state index in [0.29, 0.717) is 0 Å². The van der Waals surface area contributed by atoms with Gasteiger partial charge in [-0.05, 0) is 6.42 Å². The Morgan fingerprint density at radius 2 is 1.18 bits per heavy atom. The first-order valence-electron chi connectivity index (χ1n) is 8.41. The zero-order valence-electron chi connectivity index (χ0n) is 13.7. The van der Waals surface area contributed by atoms with Gasteiger partial charge in [0.05, 0.1) is 6.61 Å². The molecule has 22 heavy (non-hydrogen) atoms. The second-order valence-corrected chi connectivity index (χ2v) is 5.42. The summed E-state index contributed by atoms with van der Waals surface area (Å²) in [5, 5.41) is 8.09. The largest absolute Gasteiger partial charge is 0.549 e. The lowest BCUT2D eigenvalue weighted by Crippen LogP contribution is -2.11. The highest BCUT2D eigenvalue weighted by atomic mass is 17.3. The monoisotopic (exact) mass is 318 g/mol. The van der Waals surface area contributed by atoms with Crippen molar-refractivity contribution in [3.8, 4) is 0 Å². The van der Waals surface area contributed by atoms with E-state index in [-0.39, 0.29) is 6.61 Å². The minimum absolute atomic E-state index is 0.221. The van der Waals surface area contributed by atoms with Crippen LogP contribution in [0.4, 0.5) is 9.59 Å². The molecule has 0 heterocycles. The van der Waals surface area contributed by atoms with Gasteiger partial charge < -0.3 is 9.84 Å². The first kappa shape index (κ1) is 20.5. The molecule has 6 heteroatoms. The Hall–Kier alpha value is -1.46. The zero-order chi connectivity index (χ0) is 16.5. The van der Waals surface area contributed by atoms with Gasteiger partial charge in [-0.2, -0.15) is 9.68 Å². The molecule has 0 rings (SSSR count). The minimum Gasteiger partial charge on any atom is -0.447 e. The molecule has 0 aromatic heterocycles. The average molecular weight is 318 g/mol. The molecule has 0 aromatic carbocycles. The van der Waals surface area contributed by atoms with Gasteiger partial charge in [0.2, 0.25) is 0 Å². The summed E-state index contributed by atoms with van der Waals surface area (Å²) < 4.78 is 4.63. The van der Waals surface area contributed by atoms with Crippen LogP contribution in [0.5, 0.6) is 0 Å². The summed E-state index contributed by atoms with van der Waals surface area (Å²) >= 11 is 0. The third-order valence-electron chi connectivity index (χ3n) is 3.40. The maximum Gasteiger partial charge on any atom is 0.549 e. The number of hydrogen-bond acceptors (Lipinski definition) is 5. The molecule has 6 nitrogen and oxygen atoms in total. The van der Waals surface area contributed by atoms with Crippen molar-refractivity contribution in [3.63, 3.8) is 0 Å². The third-order valence-corrected chi connectivity index (χ3v) is 3.40. The average Bonchev–Trinajstić information content (AvgIpc) is 2.49. The molecule has 0 unspecified atom stereocenters. The van der Waals surface area contributed by atoms with Crippen LogP contribution in [-0.4, -0.2) is 24.0 Å². The molecule has 0 saturated carbocycles. The standard InChI is InChI=1S/C16H30O6/c1-2-3-4-5-6-7-8-9-10-11-12-13-14-20-16(19)22-21-15(17)18/h2-14H2,1H3,(H,17,18). The molecule has 0 aliphatic rings. The van der Waals surface area contributed by atoms with E-state index in [1.807, 2.05) is 0 Å². The number of hydrogen-bond donors (Lipinski definition) is 1. The van der Waals surface area contributed by atoms with Crippen molar-refractivity contribution < 1.29 is 29.2 Å². The molecule has 0 atom stereocenters. The third kappa shape index (κ3) is 16.6. The van der Waals surface area contributed by atoms with E-state index in [9.17, 15) is 9.59 Å². The van der Waals surface area contributed by atoms with E-state index in [0.717, 1.165) is 19.3 Å². The van der Waals surface area contributed by atoms with Gasteiger partial charge in [0.15, 0.2) is 0 Å². The molecule has 0 aliphatic heterocycles. The smallest absolute Gasteiger partial charge is 0.447 e. The van der Waals surface area contributed by atoms with Gasteiger partial charge in [-0.1, -0.05) is 77.6 Å². The van der Waals surface area contributed by atoms with Gasteiger partial charge in [0.1, 0.15) is 0 Å². The van der Waals surface area contributed by atoms with Gasteiger partial charge in [0.25, 0.3) is 0 Å². The van der Waals surface area contributed by atoms with Crippen LogP contribution in [0.2, 0.25) is 0 Å². The summed E-state index contributed by atoms with van der Waals surface area (Å²) in [7, 11) is 0. The predicted molar refractivity (Wildman–Crippen MR) is 82.6 cm³/mol. The number of unbranched alkanes of at least 4 members (excludes halogenated alkanes) is 11. The molecular formula is C16H30O6. The van der Waals surface area contributed by atoms with E-state index in [4.69, 9.17) is 5.11 Å². The quantitative estimate of drug-likeness (QED) is 0.210. The highest BCUT2D eigenvalue weighted by Gasteiger charge is 2.08. The molecule has 0 aliphatic carbocycles. The summed E-state index contributed by atoms with van der Waals surface area (Å²) in [6.45, 7) is 2.46. The Balaban J connectivity index is 3.11. The summed E-state index contributed by atoms with van der Waals surface area (Å²) in [6.07, 6.45) is 11.9. The van der Waals surface area contributed by atoms with Crippen molar-refractivity contribution in [2.45, 2.75) is 84.0 Å². The maximum atomic E-state index is 10.8. The van der Waals surface area contributed by atoms with Crippen molar-refractivity contribution in [2.24, 2.45) is 0 Å². The highest BCUT2D eigenvalue weighted by Crippen LogP contribution is 2.11. The molecule has 0 amide bonds. The second-order valence-electron chi connectivity index (χ2n) is 5.42. The summed E-state index contributed by atoms with van der Waals surface area (Å²) in [5.74, 6) is 0.